The van der Waals surface area contributed by atoms with E-state index in [0.717, 1.165) is 138 Å². The Morgan fingerprint density at radius 3 is 0.985 bits per heavy atom. The summed E-state index contributed by atoms with van der Waals surface area (Å²) in [7, 11) is -1.80. The van der Waals surface area contributed by atoms with Crippen molar-refractivity contribution in [2.75, 3.05) is 0 Å². The second-order valence-electron chi connectivity index (χ2n) is 33.5. The molecule has 0 saturated carbocycles. The van der Waals surface area contributed by atoms with Gasteiger partial charge in [0.05, 0.1) is 54.0 Å². The maximum absolute atomic E-state index is 11.5. The summed E-state index contributed by atoms with van der Waals surface area (Å²) in [5, 5.41) is 56.7. The van der Waals surface area contributed by atoms with Crippen LogP contribution in [0.3, 0.4) is 0 Å². The predicted molar refractivity (Wildman–Crippen MR) is 569 cm³/mol. The number of nitro groups is 2. The van der Waals surface area contributed by atoms with Gasteiger partial charge in [0.1, 0.15) is 44.7 Å². The molecule has 15 nitrogen and oxygen atoms in total. The van der Waals surface area contributed by atoms with E-state index in [9.17, 15) is 20.2 Å². The van der Waals surface area contributed by atoms with E-state index in [4.69, 9.17) is 50.9 Å². The van der Waals surface area contributed by atoms with Gasteiger partial charge < -0.3 is 41.4 Å². The van der Waals surface area contributed by atoms with E-state index < -0.39 is 12.0 Å². The first-order valence-electron chi connectivity index (χ1n) is 44.0. The zero-order valence-corrected chi connectivity index (χ0v) is 74.8. The number of nitrogens with zero attached hydrogens (tertiary/aromatic N) is 5. The molecule has 2 aliphatic carbocycles. The Morgan fingerprint density at radius 2 is 0.584 bits per heavy atom. The number of aromatic nitrogens is 3. The van der Waals surface area contributed by atoms with Gasteiger partial charge in [0.2, 0.25) is 0 Å². The van der Waals surface area contributed by atoms with Gasteiger partial charge in [0.15, 0.2) is 0 Å². The Bertz CT molecular complexity index is 9110. The highest BCUT2D eigenvalue weighted by Crippen LogP contribution is 2.46. The van der Waals surface area contributed by atoms with E-state index in [-0.39, 0.29) is 38.0 Å². The van der Waals surface area contributed by atoms with Crippen molar-refractivity contribution in [3.8, 4) is 50.4 Å². The number of hydrogen-bond donors (Lipinski definition) is 2. The van der Waals surface area contributed by atoms with Crippen LogP contribution in [0.4, 0.5) is 11.4 Å². The van der Waals surface area contributed by atoms with Crippen LogP contribution in [0.2, 0.25) is 10.0 Å². The zero-order valence-electron chi connectivity index (χ0n) is 71.7. The molecule has 0 radical (unpaired) electrons. The highest BCUT2D eigenvalue weighted by molar-refractivity contribution is 9.10. The molecule has 0 aliphatic heterocycles. The highest BCUT2D eigenvalue weighted by Gasteiger charge is 2.26. The average molecular weight is 1890 g/mol. The van der Waals surface area contributed by atoms with E-state index in [1.165, 1.54) is 140 Å². The van der Waals surface area contributed by atoms with Gasteiger partial charge in [-0.1, -0.05) is 272 Å². The summed E-state index contributed by atoms with van der Waals surface area (Å²) in [6, 6.07) is 136. The van der Waals surface area contributed by atoms with Crippen LogP contribution in [-0.4, -0.2) is 40.7 Å². The monoisotopic (exact) mass is 1890 g/mol. The number of fused-ring (bicyclic) bond motifs is 27. The maximum Gasteiger partial charge on any atom is 0.495 e. The first-order valence-corrected chi connectivity index (χ1v) is 45.6. The SMILES string of the molecule is C.C.Clc1ccc2oc3cc(-n4c5ccccc5c5ccccc54)ccc3c2c1.Clc1ccc2oc3cc(Br)ccc3c2c1.O=[N+]([O-])c1ccccc1-c1ccc2oc3cc(-n4c5ccccc5c5ccccc54)ccc3c2c1.O=[N+]([O-])c1ccccc1B(O)O.[HH].c1ccc2c(c1)Cc1cc3oc4cc(-n5c6ccccc6c6ccccc65)ccc4c3cc1-2.c1ccc2c(c1)Cc1ccccc1-2. The molecule has 19 aromatic carbocycles. The fraction of sp³-hybridized carbons (Fsp3) is 0.0339. The summed E-state index contributed by atoms with van der Waals surface area (Å²) in [6.45, 7) is 0. The minimum Gasteiger partial charge on any atom is -0.456 e. The van der Waals surface area contributed by atoms with Gasteiger partial charge in [-0.05, 0) is 221 Å². The third kappa shape index (κ3) is 15.8. The van der Waals surface area contributed by atoms with Gasteiger partial charge >= 0.3 is 7.12 Å². The molecular formula is C118H83BBrCl2N5O10. The van der Waals surface area contributed by atoms with Crippen molar-refractivity contribution in [3.05, 3.63) is 463 Å². The number of para-hydroxylation sites is 8. The summed E-state index contributed by atoms with van der Waals surface area (Å²) < 4.78 is 32.4. The van der Waals surface area contributed by atoms with Gasteiger partial charge in [-0.2, -0.15) is 0 Å². The molecule has 0 atom stereocenters. The summed E-state index contributed by atoms with van der Waals surface area (Å²) >= 11 is 15.5. The number of furan rings is 4. The lowest BCUT2D eigenvalue weighted by molar-refractivity contribution is -0.384. The van der Waals surface area contributed by atoms with E-state index in [1.807, 2.05) is 78.9 Å². The molecule has 0 amide bonds. The Labute approximate surface area is 804 Å². The van der Waals surface area contributed by atoms with Crippen LogP contribution in [0.1, 0.15) is 38.5 Å². The molecule has 0 unspecified atom stereocenters. The largest absolute Gasteiger partial charge is 0.495 e. The lowest BCUT2D eigenvalue weighted by Gasteiger charge is -2.07. The average Bonchev–Trinajstić information content (AvgIpc) is 1.59. The number of rotatable bonds is 7. The summed E-state index contributed by atoms with van der Waals surface area (Å²) in [4.78, 5) is 20.9. The van der Waals surface area contributed by atoms with Crippen molar-refractivity contribution in [2.45, 2.75) is 27.7 Å². The normalized spacial score (nSPS) is 11.6. The first-order chi connectivity index (χ1) is 66.1. The van der Waals surface area contributed by atoms with E-state index in [1.54, 1.807) is 12.1 Å². The topological polar surface area (TPSA) is 194 Å². The smallest absolute Gasteiger partial charge is 0.456 e. The Hall–Kier alpha value is -16.4. The van der Waals surface area contributed by atoms with Gasteiger partial charge in [0.25, 0.3) is 11.4 Å². The van der Waals surface area contributed by atoms with E-state index in [0.29, 0.717) is 5.56 Å². The molecule has 28 rings (SSSR count). The van der Waals surface area contributed by atoms with Crippen LogP contribution in [0.5, 0.6) is 0 Å². The molecule has 0 fully saturated rings. The zero-order chi connectivity index (χ0) is 91.2. The molecule has 664 valence electrons. The lowest BCUT2D eigenvalue weighted by atomic mass is 9.79. The maximum atomic E-state index is 11.5. The Kier molecular flexibility index (Phi) is 23.1. The number of halogens is 3. The van der Waals surface area contributed by atoms with E-state index >= 15 is 0 Å². The Balaban J connectivity index is 0.000000106. The molecule has 0 saturated heterocycles. The van der Waals surface area contributed by atoms with Gasteiger partial charge in [-0.25, -0.2) is 0 Å². The molecule has 19 heteroatoms. The molecule has 7 heterocycles. The molecule has 0 spiro atoms. The van der Waals surface area contributed by atoms with Gasteiger partial charge in [-0.15, -0.1) is 0 Å². The summed E-state index contributed by atoms with van der Waals surface area (Å²) in [5.41, 5.74) is 29.5. The number of hydrogen-bond acceptors (Lipinski definition) is 10. The predicted octanol–water partition coefficient (Wildman–Crippen LogP) is 32.9. The van der Waals surface area contributed by atoms with Gasteiger partial charge in [-0.3, -0.25) is 20.2 Å². The van der Waals surface area contributed by atoms with Crippen LogP contribution in [0, 0.1) is 20.2 Å². The second-order valence-corrected chi connectivity index (χ2v) is 35.3. The molecule has 137 heavy (non-hydrogen) atoms. The molecular weight excluding hydrogens is 1810 g/mol. The van der Waals surface area contributed by atoms with Crippen molar-refractivity contribution >= 4 is 216 Å². The lowest BCUT2D eigenvalue weighted by Crippen LogP contribution is -2.31. The fourth-order valence-electron chi connectivity index (χ4n) is 19.6. The second kappa shape index (κ2) is 36.2. The van der Waals surface area contributed by atoms with Crippen molar-refractivity contribution in [1.29, 1.82) is 0 Å². The van der Waals surface area contributed by atoms with E-state index in [2.05, 4.69) is 315 Å². The highest BCUT2D eigenvalue weighted by atomic mass is 79.9. The standard InChI is InChI=1S/C31H19NO.C30H18N2O3.C24H14ClNO.C13H10.C12H6BrClO.C6H6BNO4.2CH4.H2/c1-2-8-22-19(7-1)15-20-16-30-27(18-26(20)22)25-14-13-21(17-31(25)33-30)32-28-11-5-3-9-23(28)24-10-4-6-12-29(24)32;33-32(34)28-12-6-1-7-21(28)19-13-16-29-25(17-19)24-15-14-20(18-30(24)35-29)31-26-10-4-2-8-22(26)23-9-3-5-11-27(23)31;25-15-9-12-23-20(13-15)19-11-10-16(14-24(19)27-23)26-21-7-3-1-5-17(21)18-6-2-4-8-22(18)26;1-3-7-12-10(5-1)9-11-6-2-4-8-13(11)12;13-7-1-3-9-10-6-8(14)2-4-11(10)15-12(9)5-7;9-7(10)5-3-1-2-4-6(5)8(11)12;;;/h1-14,16-18H,15H2;1-18H;1-14H;1-8H,9H2;1-6H;1-4,9-10H;2*1H4;1H. The molecule has 0 bridgehead atoms. The fourth-order valence-corrected chi connectivity index (χ4v) is 20.3. The number of nitro benzene ring substituents is 2. The quantitative estimate of drug-likeness (QED) is 0.0881. The van der Waals surface area contributed by atoms with Crippen molar-refractivity contribution in [1.82, 2.24) is 13.7 Å². The van der Waals surface area contributed by atoms with Crippen molar-refractivity contribution in [2.24, 2.45) is 0 Å². The third-order valence-corrected chi connectivity index (χ3v) is 26.6. The molecule has 2 N–H and O–H groups in total. The number of benzene rings is 19. The minimum absolute atomic E-state index is 0. The summed E-state index contributed by atoms with van der Waals surface area (Å²) in [6.07, 6.45) is 2.08. The molecule has 2 aliphatic rings. The van der Waals surface area contributed by atoms with Crippen LogP contribution in [0.15, 0.2) is 429 Å². The van der Waals surface area contributed by atoms with Crippen LogP contribution >= 0.6 is 39.1 Å². The van der Waals surface area contributed by atoms with Crippen molar-refractivity contribution in [3.63, 3.8) is 0 Å². The molecule has 7 aromatic heterocycles. The van der Waals surface area contributed by atoms with Crippen LogP contribution in [-0.2, 0) is 12.8 Å². The van der Waals surface area contributed by atoms with Crippen LogP contribution < -0.4 is 5.46 Å². The van der Waals surface area contributed by atoms with Crippen molar-refractivity contribution < 1.29 is 39.0 Å². The molecule has 26 aromatic rings. The third-order valence-electron chi connectivity index (χ3n) is 25.7. The Morgan fingerprint density at radius 1 is 0.277 bits per heavy atom. The summed E-state index contributed by atoms with van der Waals surface area (Å²) in [5.74, 6) is 0. The van der Waals surface area contributed by atoms with Gasteiger partial charge in [0, 0.05) is 139 Å². The first kappa shape index (κ1) is 87.3. The minimum atomic E-state index is -1.80. The van der Waals surface area contributed by atoms with Crippen LogP contribution in [0.25, 0.3) is 204 Å².